The number of carbonyl (C=O) groups excluding carboxylic acids is 4. The maximum atomic E-state index is 14.4. The normalized spacial score (nSPS) is 17.3. The van der Waals surface area contributed by atoms with Crippen LogP contribution >= 0.6 is 0 Å². The topological polar surface area (TPSA) is 164 Å². The number of benzene rings is 1. The number of fused-ring (bicyclic) bond motifs is 5. The van der Waals surface area contributed by atoms with Gasteiger partial charge in [-0.2, -0.15) is 0 Å². The van der Waals surface area contributed by atoms with Gasteiger partial charge in [0, 0.05) is 16.6 Å². The fourth-order valence-corrected chi connectivity index (χ4v) is 11.2. The predicted molar refractivity (Wildman–Crippen MR) is 204 cm³/mol. The van der Waals surface area contributed by atoms with Crippen molar-refractivity contribution in [2.24, 2.45) is 5.92 Å². The molecular weight excluding hydrogens is 697 g/mol. The number of hydrogen-bond acceptors (Lipinski definition) is 10. The SMILES string of the molecule is CCC1(OC(=O)CNC(=O)OC(C)(C)C)C(=O)OCc2c1cc1n(c2=O)Cc2c-1nc1ccc(NC(=O)OC(C)(C)C)cc1c2[Si](C)(C)C(C)C(C)C. The molecule has 0 saturated heterocycles. The lowest BCUT2D eigenvalue weighted by Crippen LogP contribution is -2.49. The Bertz CT molecular complexity index is 2060. The minimum atomic E-state index is -2.35. The van der Waals surface area contributed by atoms with Crippen molar-refractivity contribution in [3.8, 4) is 11.4 Å². The van der Waals surface area contributed by atoms with Gasteiger partial charge in [0.15, 0.2) is 0 Å². The van der Waals surface area contributed by atoms with Crippen LogP contribution in [0.1, 0.15) is 92.3 Å². The summed E-state index contributed by atoms with van der Waals surface area (Å²) >= 11 is 0. The van der Waals surface area contributed by atoms with Crippen LogP contribution in [0.15, 0.2) is 29.1 Å². The number of aromatic nitrogens is 2. The first-order valence-electron chi connectivity index (χ1n) is 18.1. The Kier molecular flexibility index (Phi) is 10.4. The summed E-state index contributed by atoms with van der Waals surface area (Å²) in [6, 6.07) is 7.28. The Morgan fingerprint density at radius 1 is 0.981 bits per heavy atom. The second-order valence-electron chi connectivity index (χ2n) is 16.8. The van der Waals surface area contributed by atoms with Crippen LogP contribution in [0, 0.1) is 5.92 Å². The molecule has 2 aromatic heterocycles. The van der Waals surface area contributed by atoms with Crippen LogP contribution in [0.5, 0.6) is 0 Å². The number of esters is 2. The van der Waals surface area contributed by atoms with Gasteiger partial charge in [-0.3, -0.25) is 14.9 Å². The summed E-state index contributed by atoms with van der Waals surface area (Å²) < 4.78 is 23.7. The number of pyridine rings is 2. The van der Waals surface area contributed by atoms with Gasteiger partial charge in [0.05, 0.1) is 37.1 Å². The molecule has 0 aliphatic carbocycles. The summed E-state index contributed by atoms with van der Waals surface area (Å²) in [6.07, 6.45) is -1.41. The monoisotopic (exact) mass is 748 g/mol. The van der Waals surface area contributed by atoms with E-state index in [1.807, 2.05) is 12.1 Å². The number of hydrogen-bond donors (Lipinski definition) is 2. The van der Waals surface area contributed by atoms with Gasteiger partial charge in [0.25, 0.3) is 5.56 Å². The smallest absolute Gasteiger partial charge is 0.412 e. The lowest BCUT2D eigenvalue weighted by Gasteiger charge is -2.35. The summed E-state index contributed by atoms with van der Waals surface area (Å²) in [4.78, 5) is 71.2. The Hall–Kier alpha value is -4.72. The molecule has 0 spiro atoms. The highest BCUT2D eigenvalue weighted by atomic mass is 28.3. The first-order chi connectivity index (χ1) is 24.5. The van der Waals surface area contributed by atoms with E-state index < -0.39 is 55.5 Å². The number of alkyl carbamates (subject to hydrolysis) is 1. The minimum Gasteiger partial charge on any atom is -0.457 e. The first kappa shape index (κ1) is 39.5. The molecule has 0 radical (unpaired) electrons. The standard InChI is InChI=1S/C39H52N4O9Si/c1-13-39(50-30(44)18-40-35(47)51-37(5,6)7)27-17-29-31-25(19-43(29)33(45)26(27)20-49-34(39)46)32(53(11,12)22(4)21(2)3)24-16-23(14-15-28(24)42-31)41-36(48)52-38(8,9)10/h14-17,21-22H,13,18-20H2,1-12H3,(H,40,47)(H,41,48). The Labute approximate surface area is 311 Å². The van der Waals surface area contributed by atoms with E-state index in [-0.39, 0.29) is 36.3 Å². The largest absolute Gasteiger partial charge is 0.457 e. The summed E-state index contributed by atoms with van der Waals surface area (Å²) in [5.41, 5.74) is 0.263. The highest BCUT2D eigenvalue weighted by Crippen LogP contribution is 2.42. The van der Waals surface area contributed by atoms with Crippen LogP contribution < -0.4 is 21.4 Å². The van der Waals surface area contributed by atoms with Crippen molar-refractivity contribution >= 4 is 54.0 Å². The number of cyclic esters (lactones) is 1. The van der Waals surface area contributed by atoms with Crippen LogP contribution in [0.3, 0.4) is 0 Å². The van der Waals surface area contributed by atoms with Crippen molar-refractivity contribution in [2.45, 2.75) is 124 Å². The zero-order chi connectivity index (χ0) is 39.4. The molecular formula is C39H52N4O9Si. The van der Waals surface area contributed by atoms with Gasteiger partial charge in [0.1, 0.15) is 24.4 Å². The predicted octanol–water partition coefficient (Wildman–Crippen LogP) is 6.46. The van der Waals surface area contributed by atoms with Gasteiger partial charge < -0.3 is 28.8 Å². The Morgan fingerprint density at radius 3 is 2.23 bits per heavy atom. The quantitative estimate of drug-likeness (QED) is 0.116. The molecule has 14 heteroatoms. The third kappa shape index (κ3) is 7.69. The van der Waals surface area contributed by atoms with Gasteiger partial charge in [-0.1, -0.05) is 40.8 Å². The number of ether oxygens (including phenoxy) is 4. The van der Waals surface area contributed by atoms with E-state index >= 15 is 0 Å². The molecule has 2 unspecified atom stereocenters. The van der Waals surface area contributed by atoms with Crippen LogP contribution in [0.2, 0.25) is 18.6 Å². The van der Waals surface area contributed by atoms with Gasteiger partial charge in [-0.15, -0.1) is 0 Å². The second-order valence-corrected chi connectivity index (χ2v) is 21.7. The number of nitrogens with zero attached hydrogens (tertiary/aromatic N) is 2. The van der Waals surface area contributed by atoms with Crippen LogP contribution in [0.25, 0.3) is 22.3 Å². The average molecular weight is 749 g/mol. The Morgan fingerprint density at radius 2 is 1.62 bits per heavy atom. The molecule has 0 bridgehead atoms. The molecule has 0 saturated carbocycles. The van der Waals surface area contributed by atoms with Gasteiger partial charge in [0.2, 0.25) is 5.60 Å². The molecule has 2 atom stereocenters. The maximum Gasteiger partial charge on any atom is 0.412 e. The molecule has 0 fully saturated rings. The van der Waals surface area contributed by atoms with Crippen molar-refractivity contribution in [1.29, 1.82) is 0 Å². The average Bonchev–Trinajstić information content (AvgIpc) is 3.40. The molecule has 4 heterocycles. The van der Waals surface area contributed by atoms with E-state index in [0.29, 0.717) is 34.1 Å². The minimum absolute atomic E-state index is 0.0254. The fourth-order valence-electron chi connectivity index (χ4n) is 7.22. The molecule has 5 rings (SSSR count). The molecule has 13 nitrogen and oxygen atoms in total. The summed E-state index contributed by atoms with van der Waals surface area (Å²) in [5.74, 6) is -1.34. The highest BCUT2D eigenvalue weighted by molar-refractivity contribution is 6.93. The lowest BCUT2D eigenvalue weighted by molar-refractivity contribution is -0.188. The van der Waals surface area contributed by atoms with Gasteiger partial charge in [-0.25, -0.2) is 19.4 Å². The van der Waals surface area contributed by atoms with E-state index in [0.717, 1.165) is 16.1 Å². The zero-order valence-electron chi connectivity index (χ0n) is 32.9. The van der Waals surface area contributed by atoms with Crippen molar-refractivity contribution in [3.63, 3.8) is 0 Å². The van der Waals surface area contributed by atoms with Gasteiger partial charge >= 0.3 is 24.1 Å². The molecule has 2 N–H and O–H groups in total. The molecule has 53 heavy (non-hydrogen) atoms. The fraction of sp³-hybridized carbons (Fsp3) is 0.538. The number of rotatable bonds is 8. The third-order valence-electron chi connectivity index (χ3n) is 10.1. The van der Waals surface area contributed by atoms with E-state index in [2.05, 4.69) is 44.5 Å². The summed E-state index contributed by atoms with van der Waals surface area (Å²) in [7, 11) is -2.35. The summed E-state index contributed by atoms with van der Waals surface area (Å²) in [5, 5.41) is 7.24. The highest BCUT2D eigenvalue weighted by Gasteiger charge is 2.51. The number of amides is 2. The van der Waals surface area contributed by atoms with E-state index in [1.54, 1.807) is 65.2 Å². The lowest BCUT2D eigenvalue weighted by atomic mass is 9.85. The van der Waals surface area contributed by atoms with Crippen molar-refractivity contribution in [1.82, 2.24) is 14.9 Å². The third-order valence-corrected chi connectivity index (χ3v) is 15.0. The molecule has 1 aromatic carbocycles. The molecule has 3 aromatic rings. The number of anilines is 1. The van der Waals surface area contributed by atoms with E-state index in [4.69, 9.17) is 23.9 Å². The van der Waals surface area contributed by atoms with Crippen LogP contribution in [-0.4, -0.2) is 59.5 Å². The molecule has 2 aliphatic heterocycles. The van der Waals surface area contributed by atoms with Crippen molar-refractivity contribution in [3.05, 3.63) is 51.3 Å². The molecule has 2 amide bonds. The van der Waals surface area contributed by atoms with E-state index in [1.165, 1.54) is 0 Å². The van der Waals surface area contributed by atoms with Crippen LogP contribution in [-0.2, 0) is 47.3 Å². The first-order valence-corrected chi connectivity index (χ1v) is 21.2. The van der Waals surface area contributed by atoms with Crippen LogP contribution in [0.4, 0.5) is 15.3 Å². The zero-order valence-corrected chi connectivity index (χ0v) is 33.9. The molecule has 2 aliphatic rings. The van der Waals surface area contributed by atoms with Gasteiger partial charge in [-0.05, 0) is 94.4 Å². The van der Waals surface area contributed by atoms with Crippen molar-refractivity contribution < 1.29 is 38.1 Å². The second kappa shape index (κ2) is 13.9. The number of carbonyl (C=O) groups is 4. The molecule has 286 valence electrons. The van der Waals surface area contributed by atoms with E-state index in [9.17, 15) is 24.0 Å². The Balaban J connectivity index is 1.65. The summed E-state index contributed by atoms with van der Waals surface area (Å²) in [6.45, 7) is 22.8. The number of nitrogens with one attached hydrogen (secondary N) is 2. The maximum absolute atomic E-state index is 14.4. The van der Waals surface area contributed by atoms with Crippen molar-refractivity contribution in [2.75, 3.05) is 11.9 Å².